The van der Waals surface area contributed by atoms with Gasteiger partial charge < -0.3 is 14.7 Å². The molecule has 1 N–H and O–H groups in total. The predicted molar refractivity (Wildman–Crippen MR) is 126 cm³/mol. The number of hydrogen-bond donors (Lipinski definition) is 1. The second kappa shape index (κ2) is 9.65. The highest BCUT2D eigenvalue weighted by Crippen LogP contribution is 2.41. The van der Waals surface area contributed by atoms with Crippen molar-refractivity contribution < 1.29 is 19.4 Å². The van der Waals surface area contributed by atoms with Gasteiger partial charge in [0, 0.05) is 24.5 Å². The molecule has 1 unspecified atom stereocenters. The van der Waals surface area contributed by atoms with E-state index in [1.165, 1.54) is 4.90 Å². The number of aliphatic hydroxyl groups excluding tert-OH is 1. The molecule has 1 amide bonds. The Bertz CT molecular complexity index is 1240. The zero-order valence-corrected chi connectivity index (χ0v) is 19.2. The van der Waals surface area contributed by atoms with Crippen LogP contribution in [0.1, 0.15) is 29.7 Å². The first-order chi connectivity index (χ1) is 15.9. The van der Waals surface area contributed by atoms with E-state index >= 15 is 0 Å². The van der Waals surface area contributed by atoms with E-state index in [2.05, 4.69) is 4.98 Å². The number of nitrogens with zero attached hydrogens (tertiary/aromatic N) is 2. The van der Waals surface area contributed by atoms with Crippen molar-refractivity contribution in [3.8, 4) is 5.75 Å². The third-order valence-corrected chi connectivity index (χ3v) is 6.03. The van der Waals surface area contributed by atoms with Gasteiger partial charge in [0.2, 0.25) is 0 Å². The number of aromatic nitrogens is 1. The van der Waals surface area contributed by atoms with Crippen LogP contribution in [0.25, 0.3) is 5.76 Å². The molecule has 0 aliphatic carbocycles. The number of carbonyl (C=O) groups excluding carboxylic acids is 2. The highest BCUT2D eigenvalue weighted by atomic mass is 35.5. The van der Waals surface area contributed by atoms with Crippen LogP contribution in [0.15, 0.2) is 72.6 Å². The highest BCUT2D eigenvalue weighted by Gasteiger charge is 2.46. The predicted octanol–water partition coefficient (Wildman–Crippen LogP) is 5.41. The minimum Gasteiger partial charge on any atom is -0.507 e. The average molecular weight is 483 g/mol. The minimum atomic E-state index is -0.865. The Morgan fingerprint density at radius 2 is 1.91 bits per heavy atom. The summed E-state index contributed by atoms with van der Waals surface area (Å²) in [6.07, 6.45) is 3.25. The molecule has 168 valence electrons. The van der Waals surface area contributed by atoms with E-state index in [-0.39, 0.29) is 22.9 Å². The van der Waals surface area contributed by atoms with E-state index in [0.717, 1.165) is 5.56 Å². The van der Waals surface area contributed by atoms with E-state index in [9.17, 15) is 14.7 Å². The number of likely N-dealkylation sites (tertiary alicyclic amines) is 1. The molecule has 0 bridgehead atoms. The molecular weight excluding hydrogens is 463 g/mol. The van der Waals surface area contributed by atoms with Gasteiger partial charge in [-0.25, -0.2) is 0 Å². The van der Waals surface area contributed by atoms with Crippen LogP contribution < -0.4 is 4.74 Å². The average Bonchev–Trinajstić information content (AvgIpc) is 3.06. The number of Topliss-reactive ketones (excluding diaryl/α,β-unsaturated/α-hetero) is 1. The molecule has 0 radical (unpaired) electrons. The number of ketones is 1. The number of benzene rings is 2. The Morgan fingerprint density at radius 1 is 1.09 bits per heavy atom. The summed E-state index contributed by atoms with van der Waals surface area (Å²) in [5.74, 6) is -1.26. The van der Waals surface area contributed by atoms with Gasteiger partial charge in [0.05, 0.1) is 28.3 Å². The largest absolute Gasteiger partial charge is 0.507 e. The summed E-state index contributed by atoms with van der Waals surface area (Å²) in [5.41, 5.74) is 1.62. The smallest absolute Gasteiger partial charge is 0.295 e. The first kappa shape index (κ1) is 22.8. The lowest BCUT2D eigenvalue weighted by Crippen LogP contribution is -2.29. The Hall–Kier alpha value is -3.35. The summed E-state index contributed by atoms with van der Waals surface area (Å²) >= 11 is 12.3. The van der Waals surface area contributed by atoms with E-state index in [4.69, 9.17) is 27.9 Å². The maximum atomic E-state index is 13.2. The van der Waals surface area contributed by atoms with Crippen molar-refractivity contribution in [1.82, 2.24) is 9.88 Å². The number of halogens is 2. The topological polar surface area (TPSA) is 79.7 Å². The Morgan fingerprint density at radius 3 is 2.61 bits per heavy atom. The number of hydrogen-bond acceptors (Lipinski definition) is 5. The van der Waals surface area contributed by atoms with Gasteiger partial charge in [0.1, 0.15) is 11.5 Å². The van der Waals surface area contributed by atoms with Gasteiger partial charge in [-0.1, -0.05) is 47.5 Å². The maximum Gasteiger partial charge on any atom is 0.295 e. The fourth-order valence-electron chi connectivity index (χ4n) is 3.82. The van der Waals surface area contributed by atoms with Crippen molar-refractivity contribution in [1.29, 1.82) is 0 Å². The van der Waals surface area contributed by atoms with Gasteiger partial charge in [-0.2, -0.15) is 0 Å². The Balaban J connectivity index is 1.87. The van der Waals surface area contributed by atoms with Crippen molar-refractivity contribution in [3.05, 3.63) is 99.3 Å². The molecule has 3 aromatic rings. The summed E-state index contributed by atoms with van der Waals surface area (Å²) in [6.45, 7) is 2.42. The van der Waals surface area contributed by atoms with Gasteiger partial charge in [0.15, 0.2) is 0 Å². The van der Waals surface area contributed by atoms with Crippen LogP contribution in [0.2, 0.25) is 10.0 Å². The maximum absolute atomic E-state index is 13.2. The number of ether oxygens (including phenoxy) is 1. The fourth-order valence-corrected chi connectivity index (χ4v) is 4.12. The molecule has 0 saturated carbocycles. The van der Waals surface area contributed by atoms with E-state index in [0.29, 0.717) is 28.5 Å². The van der Waals surface area contributed by atoms with Gasteiger partial charge in [-0.3, -0.25) is 14.6 Å². The third-order valence-electron chi connectivity index (χ3n) is 5.29. The summed E-state index contributed by atoms with van der Waals surface area (Å²) < 4.78 is 5.51. The number of amides is 1. The lowest BCUT2D eigenvalue weighted by Gasteiger charge is -2.25. The molecule has 1 aliphatic heterocycles. The van der Waals surface area contributed by atoms with E-state index in [1.54, 1.807) is 60.9 Å². The summed E-state index contributed by atoms with van der Waals surface area (Å²) in [4.78, 5) is 31.7. The molecule has 4 rings (SSSR count). The normalized spacial score (nSPS) is 17.4. The van der Waals surface area contributed by atoms with Crippen LogP contribution in [0.4, 0.5) is 0 Å². The van der Waals surface area contributed by atoms with Crippen molar-refractivity contribution in [2.45, 2.75) is 19.5 Å². The highest BCUT2D eigenvalue weighted by molar-refractivity contribution is 6.46. The molecule has 1 aliphatic rings. The third kappa shape index (κ3) is 4.58. The lowest BCUT2D eigenvalue weighted by molar-refractivity contribution is -0.140. The van der Waals surface area contributed by atoms with Crippen LogP contribution >= 0.6 is 23.2 Å². The van der Waals surface area contributed by atoms with Gasteiger partial charge >= 0.3 is 0 Å². The molecule has 0 spiro atoms. The van der Waals surface area contributed by atoms with Crippen molar-refractivity contribution >= 4 is 40.7 Å². The zero-order valence-electron chi connectivity index (χ0n) is 17.7. The van der Waals surface area contributed by atoms with Gasteiger partial charge in [0.25, 0.3) is 11.7 Å². The Labute approximate surface area is 201 Å². The van der Waals surface area contributed by atoms with Gasteiger partial charge in [-0.15, -0.1) is 0 Å². The first-order valence-electron chi connectivity index (χ1n) is 10.3. The van der Waals surface area contributed by atoms with Crippen LogP contribution in [-0.2, 0) is 16.1 Å². The van der Waals surface area contributed by atoms with E-state index in [1.807, 2.05) is 13.0 Å². The zero-order chi connectivity index (χ0) is 23.5. The number of pyridine rings is 1. The SMILES string of the molecule is CCOc1cccc(C(O)=C2C(=O)C(=O)N(Cc3cccnc3)C2c2ccc(Cl)c(Cl)c2)c1. The molecule has 1 aromatic heterocycles. The molecule has 6 nitrogen and oxygen atoms in total. The Kier molecular flexibility index (Phi) is 6.67. The quantitative estimate of drug-likeness (QED) is 0.288. The second-order valence-corrected chi connectivity index (χ2v) is 8.24. The number of aliphatic hydroxyl groups is 1. The summed E-state index contributed by atoms with van der Waals surface area (Å²) in [7, 11) is 0. The molecule has 8 heteroatoms. The van der Waals surface area contributed by atoms with Crippen LogP contribution in [-0.4, -0.2) is 33.3 Å². The molecule has 1 atom stereocenters. The van der Waals surface area contributed by atoms with Crippen molar-refractivity contribution in [3.63, 3.8) is 0 Å². The fraction of sp³-hybridized carbons (Fsp3) is 0.160. The molecule has 1 fully saturated rings. The molecule has 2 aromatic carbocycles. The standard InChI is InChI=1S/C25H20Cl2N2O4/c1-2-33-18-7-3-6-17(11-18)23(30)21-22(16-8-9-19(26)20(27)12-16)29(25(32)24(21)31)14-15-5-4-10-28-13-15/h3-13,22,30H,2,14H2,1H3. The van der Waals surface area contributed by atoms with Crippen molar-refractivity contribution in [2.75, 3.05) is 6.61 Å². The molecule has 1 saturated heterocycles. The lowest BCUT2D eigenvalue weighted by atomic mass is 9.95. The minimum absolute atomic E-state index is 0.0315. The van der Waals surface area contributed by atoms with Crippen LogP contribution in [0.5, 0.6) is 5.75 Å². The summed E-state index contributed by atoms with van der Waals surface area (Å²) in [5, 5.41) is 11.8. The second-order valence-electron chi connectivity index (χ2n) is 7.42. The van der Waals surface area contributed by atoms with Crippen LogP contribution in [0, 0.1) is 0 Å². The monoisotopic (exact) mass is 482 g/mol. The molecule has 2 heterocycles. The van der Waals surface area contributed by atoms with Crippen LogP contribution in [0.3, 0.4) is 0 Å². The number of rotatable bonds is 6. The van der Waals surface area contributed by atoms with Crippen molar-refractivity contribution in [2.24, 2.45) is 0 Å². The molecule has 33 heavy (non-hydrogen) atoms. The molecular formula is C25H20Cl2N2O4. The van der Waals surface area contributed by atoms with E-state index < -0.39 is 17.7 Å². The first-order valence-corrected chi connectivity index (χ1v) is 11.0. The number of carbonyl (C=O) groups is 2. The summed E-state index contributed by atoms with van der Waals surface area (Å²) in [6, 6.07) is 14.3. The van der Waals surface area contributed by atoms with Gasteiger partial charge in [-0.05, 0) is 48.4 Å².